The maximum atomic E-state index is 12.7. The van der Waals surface area contributed by atoms with Crippen LogP contribution in [0.5, 0.6) is 0 Å². The number of ether oxygens (including phenoxy) is 2. The van der Waals surface area contributed by atoms with Gasteiger partial charge < -0.3 is 24.8 Å². The molecule has 184 valence electrons. The van der Waals surface area contributed by atoms with Gasteiger partial charge in [-0.3, -0.25) is 9.59 Å². The molecule has 2 N–H and O–H groups in total. The molecule has 2 unspecified atom stereocenters. The lowest BCUT2D eigenvalue weighted by Gasteiger charge is -2.47. The van der Waals surface area contributed by atoms with Crippen molar-refractivity contribution in [1.82, 2.24) is 10.2 Å². The van der Waals surface area contributed by atoms with Crippen LogP contribution in [0.1, 0.15) is 43.2 Å². The van der Waals surface area contributed by atoms with Crippen LogP contribution >= 0.6 is 0 Å². The number of rotatable bonds is 7. The van der Waals surface area contributed by atoms with E-state index in [-0.39, 0.29) is 44.2 Å². The summed E-state index contributed by atoms with van der Waals surface area (Å²) in [7, 11) is 0. The molecule has 0 radical (unpaired) electrons. The van der Waals surface area contributed by atoms with Crippen LogP contribution in [0.15, 0.2) is 48.5 Å². The fourth-order valence-corrected chi connectivity index (χ4v) is 5.44. The molecule has 2 saturated heterocycles. The van der Waals surface area contributed by atoms with Gasteiger partial charge in [0.05, 0.1) is 6.10 Å². The summed E-state index contributed by atoms with van der Waals surface area (Å²) < 4.78 is 11.4. The number of carbonyl (C=O) groups excluding carboxylic acids is 2. The van der Waals surface area contributed by atoms with Crippen molar-refractivity contribution in [3.05, 3.63) is 59.7 Å². The molecule has 2 aromatic rings. The van der Waals surface area contributed by atoms with Gasteiger partial charge in [0, 0.05) is 25.6 Å². The molecular formula is C27H30N2O6. The minimum atomic E-state index is -0.860. The lowest BCUT2D eigenvalue weighted by molar-refractivity contribution is -0.171. The zero-order chi connectivity index (χ0) is 24.6. The zero-order valence-corrected chi connectivity index (χ0v) is 19.7. The standard InChI is InChI=1S/C27H30N2O6/c1-2-27(25(31)32)15-29(16-27)24(30)23-12-11-17(35-23)13-28-26(33)34-14-22-20-9-5-3-7-18(20)19-8-4-6-10-21(19)22/h3-10,17,22-23H,2,11-16H2,1H3,(H,28,33)(H,31,32). The summed E-state index contributed by atoms with van der Waals surface area (Å²) in [4.78, 5) is 38.1. The van der Waals surface area contributed by atoms with Gasteiger partial charge in [-0.15, -0.1) is 0 Å². The Morgan fingerprint density at radius 3 is 2.29 bits per heavy atom. The second kappa shape index (κ2) is 9.34. The SMILES string of the molecule is CCC1(C(=O)O)CN(C(=O)C2CCC(CNC(=O)OCC3c4ccccc4-c4ccccc43)O2)C1. The average molecular weight is 479 g/mol. The van der Waals surface area contributed by atoms with Crippen LogP contribution in [0, 0.1) is 5.41 Å². The van der Waals surface area contributed by atoms with Gasteiger partial charge in [0.25, 0.3) is 5.91 Å². The van der Waals surface area contributed by atoms with Crippen molar-refractivity contribution in [3.8, 4) is 11.1 Å². The first kappa shape index (κ1) is 23.4. The number of carbonyl (C=O) groups is 3. The van der Waals surface area contributed by atoms with Gasteiger partial charge in [0.1, 0.15) is 18.1 Å². The summed E-state index contributed by atoms with van der Waals surface area (Å²) in [6.07, 6.45) is 0.311. The molecule has 0 aromatic heterocycles. The van der Waals surface area contributed by atoms with E-state index in [0.29, 0.717) is 19.3 Å². The maximum Gasteiger partial charge on any atom is 0.407 e. The molecule has 5 rings (SSSR count). The number of amides is 2. The predicted octanol–water partition coefficient (Wildman–Crippen LogP) is 3.40. The molecule has 2 aliphatic heterocycles. The molecular weight excluding hydrogens is 448 g/mol. The van der Waals surface area contributed by atoms with Crippen molar-refractivity contribution in [3.63, 3.8) is 0 Å². The number of carboxylic acids is 1. The van der Waals surface area contributed by atoms with Crippen LogP contribution in [-0.2, 0) is 19.1 Å². The Bertz CT molecular complexity index is 1100. The topological polar surface area (TPSA) is 105 Å². The fourth-order valence-electron chi connectivity index (χ4n) is 5.44. The number of likely N-dealkylation sites (tertiary alicyclic amines) is 1. The van der Waals surface area contributed by atoms with Crippen LogP contribution < -0.4 is 5.32 Å². The largest absolute Gasteiger partial charge is 0.481 e. The van der Waals surface area contributed by atoms with Gasteiger partial charge >= 0.3 is 12.1 Å². The average Bonchev–Trinajstić information content (AvgIpc) is 3.44. The van der Waals surface area contributed by atoms with E-state index in [0.717, 1.165) is 11.1 Å². The van der Waals surface area contributed by atoms with Crippen molar-refractivity contribution in [1.29, 1.82) is 0 Å². The van der Waals surface area contributed by atoms with Crippen LogP contribution in [0.3, 0.4) is 0 Å². The third-order valence-corrected chi connectivity index (χ3v) is 7.63. The molecule has 35 heavy (non-hydrogen) atoms. The first-order valence-corrected chi connectivity index (χ1v) is 12.2. The molecule has 8 heteroatoms. The van der Waals surface area contributed by atoms with Crippen LogP contribution in [0.2, 0.25) is 0 Å². The number of aliphatic carboxylic acids is 1. The highest BCUT2D eigenvalue weighted by molar-refractivity contribution is 5.86. The summed E-state index contributed by atoms with van der Waals surface area (Å²) in [5.41, 5.74) is 3.83. The smallest absolute Gasteiger partial charge is 0.407 e. The molecule has 2 amide bonds. The second-order valence-corrected chi connectivity index (χ2v) is 9.66. The second-order valence-electron chi connectivity index (χ2n) is 9.66. The van der Waals surface area contributed by atoms with E-state index in [1.54, 1.807) is 4.90 Å². The number of nitrogens with one attached hydrogen (secondary N) is 1. The van der Waals surface area contributed by atoms with Crippen LogP contribution in [0.4, 0.5) is 4.79 Å². The predicted molar refractivity (Wildman–Crippen MR) is 128 cm³/mol. The van der Waals surface area contributed by atoms with E-state index in [1.165, 1.54) is 11.1 Å². The number of fused-ring (bicyclic) bond motifs is 3. The van der Waals surface area contributed by atoms with Crippen molar-refractivity contribution < 1.29 is 29.0 Å². The van der Waals surface area contributed by atoms with Gasteiger partial charge in [0.15, 0.2) is 0 Å². The Balaban J connectivity index is 1.08. The van der Waals surface area contributed by atoms with Gasteiger partial charge in [-0.05, 0) is 41.5 Å². The van der Waals surface area contributed by atoms with Crippen molar-refractivity contribution in [2.45, 2.75) is 44.3 Å². The monoisotopic (exact) mass is 478 g/mol. The van der Waals surface area contributed by atoms with E-state index in [2.05, 4.69) is 29.6 Å². The molecule has 2 aromatic carbocycles. The fraction of sp³-hybridized carbons (Fsp3) is 0.444. The quantitative estimate of drug-likeness (QED) is 0.632. The number of alkyl carbamates (subject to hydrolysis) is 1. The number of carboxylic acid groups (broad SMARTS) is 1. The van der Waals surface area contributed by atoms with Gasteiger partial charge in [0.2, 0.25) is 0 Å². The van der Waals surface area contributed by atoms with E-state index in [1.807, 2.05) is 31.2 Å². The molecule has 2 atom stereocenters. The van der Waals surface area contributed by atoms with E-state index < -0.39 is 23.6 Å². The Hall–Kier alpha value is -3.39. The summed E-state index contributed by atoms with van der Waals surface area (Å²) >= 11 is 0. The summed E-state index contributed by atoms with van der Waals surface area (Å²) in [6.45, 7) is 2.77. The normalized spacial score (nSPS) is 22.1. The van der Waals surface area contributed by atoms with Crippen LogP contribution in [-0.4, -0.2) is 66.4 Å². The first-order chi connectivity index (χ1) is 16.9. The summed E-state index contributed by atoms with van der Waals surface area (Å²) in [5, 5.41) is 12.2. The highest BCUT2D eigenvalue weighted by atomic mass is 16.5. The molecule has 0 spiro atoms. The number of hydrogen-bond donors (Lipinski definition) is 2. The molecule has 1 aliphatic carbocycles. The highest BCUT2D eigenvalue weighted by Crippen LogP contribution is 2.44. The summed E-state index contributed by atoms with van der Waals surface area (Å²) in [5.74, 6) is -1.03. The van der Waals surface area contributed by atoms with Gasteiger partial charge in [-0.1, -0.05) is 55.5 Å². The van der Waals surface area contributed by atoms with Crippen LogP contribution in [0.25, 0.3) is 11.1 Å². The number of nitrogens with zero attached hydrogens (tertiary/aromatic N) is 1. The third kappa shape index (κ3) is 4.27. The molecule has 0 bridgehead atoms. The minimum Gasteiger partial charge on any atom is -0.481 e. The van der Waals surface area contributed by atoms with Crippen molar-refractivity contribution in [2.24, 2.45) is 5.41 Å². The molecule has 0 saturated carbocycles. The van der Waals surface area contributed by atoms with Crippen molar-refractivity contribution >= 4 is 18.0 Å². The molecule has 2 heterocycles. The third-order valence-electron chi connectivity index (χ3n) is 7.63. The Morgan fingerprint density at radius 2 is 1.69 bits per heavy atom. The highest BCUT2D eigenvalue weighted by Gasteiger charge is 2.51. The molecule has 2 fully saturated rings. The lowest BCUT2D eigenvalue weighted by Crippen LogP contribution is -2.63. The maximum absolute atomic E-state index is 12.7. The van der Waals surface area contributed by atoms with E-state index in [4.69, 9.17) is 9.47 Å². The lowest BCUT2D eigenvalue weighted by atomic mass is 9.77. The molecule has 8 nitrogen and oxygen atoms in total. The van der Waals surface area contributed by atoms with Gasteiger partial charge in [-0.2, -0.15) is 0 Å². The van der Waals surface area contributed by atoms with E-state index in [9.17, 15) is 19.5 Å². The number of hydrogen-bond acceptors (Lipinski definition) is 5. The zero-order valence-electron chi connectivity index (χ0n) is 19.7. The summed E-state index contributed by atoms with van der Waals surface area (Å²) in [6, 6.07) is 16.3. The Kier molecular flexibility index (Phi) is 6.23. The Morgan fingerprint density at radius 1 is 1.06 bits per heavy atom. The van der Waals surface area contributed by atoms with E-state index >= 15 is 0 Å². The van der Waals surface area contributed by atoms with Gasteiger partial charge in [-0.25, -0.2) is 4.79 Å². The minimum absolute atomic E-state index is 0.00421. The Labute approximate surface area is 204 Å². The van der Waals surface area contributed by atoms with Crippen molar-refractivity contribution in [2.75, 3.05) is 26.2 Å². The molecule has 3 aliphatic rings. The number of benzene rings is 2. The first-order valence-electron chi connectivity index (χ1n) is 12.2.